The van der Waals surface area contributed by atoms with Crippen molar-refractivity contribution >= 4 is 73.0 Å². The Balaban J connectivity index is -0.00000206. The smallest absolute Gasteiger partial charge is 0.326 e. The lowest BCUT2D eigenvalue weighted by molar-refractivity contribution is -0.143. The van der Waals surface area contributed by atoms with Gasteiger partial charge in [-0.1, -0.05) is 143 Å². The summed E-state index contributed by atoms with van der Waals surface area (Å²) >= 11 is 3.77. The molecule has 3 atom stereocenters. The number of aldehydes is 1. The molecule has 1 heterocycles. The van der Waals surface area contributed by atoms with Crippen molar-refractivity contribution in [3.8, 4) is 0 Å². The van der Waals surface area contributed by atoms with Gasteiger partial charge in [-0.3, -0.25) is 43.1 Å². The number of carboxylic acids is 3. The van der Waals surface area contributed by atoms with E-state index in [0.717, 1.165) is 20.0 Å². The molecular weight excluding hydrogens is 1130 g/mol. The van der Waals surface area contributed by atoms with Gasteiger partial charge in [0.25, 0.3) is 0 Å². The Bertz CT molecular complexity index is 1720. The molecule has 1 aliphatic rings. The van der Waals surface area contributed by atoms with Crippen molar-refractivity contribution in [1.82, 2.24) is 36.2 Å². The number of hydrogen-bond donors (Lipinski definition) is 11. The molecule has 6 amide bonds. The van der Waals surface area contributed by atoms with Crippen molar-refractivity contribution in [1.29, 1.82) is 0 Å². The zero-order chi connectivity index (χ0) is 64.0. The third-order valence-electron chi connectivity index (χ3n) is 13.1. The van der Waals surface area contributed by atoms with Crippen molar-refractivity contribution in [2.45, 2.75) is 219 Å². The summed E-state index contributed by atoms with van der Waals surface area (Å²) in [4.78, 5) is 117. The second kappa shape index (κ2) is 63.5. The number of aliphatic hydroxyl groups is 1. The van der Waals surface area contributed by atoms with Crippen molar-refractivity contribution < 1.29 is 87.3 Å². The molecule has 85 heavy (non-hydrogen) atoms. The van der Waals surface area contributed by atoms with E-state index >= 15 is 0 Å². The maximum Gasteiger partial charge on any atom is 0.326 e. The normalized spacial score (nSPS) is 12.9. The van der Waals surface area contributed by atoms with E-state index in [0.29, 0.717) is 70.9 Å². The number of carboxylic acid groups (broad SMARTS) is 3. The molecule has 25 nitrogen and oxygen atoms in total. The van der Waals surface area contributed by atoms with Gasteiger partial charge in [-0.05, 0) is 51.4 Å². The molecular formula is C59H111N7O18S. The highest BCUT2D eigenvalue weighted by molar-refractivity contribution is 7.78. The van der Waals surface area contributed by atoms with Crippen LogP contribution in [-0.2, 0) is 66.9 Å². The van der Waals surface area contributed by atoms with Crippen LogP contribution in [0, 0.1) is 5.92 Å². The van der Waals surface area contributed by atoms with Crippen molar-refractivity contribution in [3.63, 3.8) is 0 Å². The molecule has 1 aliphatic heterocycles. The quantitative estimate of drug-likeness (QED) is 0.0210. The second-order valence-electron chi connectivity index (χ2n) is 20.6. The Morgan fingerprint density at radius 3 is 1.38 bits per heavy atom. The van der Waals surface area contributed by atoms with Gasteiger partial charge in [0.2, 0.25) is 35.9 Å². The number of nitrogens with one attached hydrogen (secondary N) is 6. The minimum absolute atomic E-state index is 0.0280. The summed E-state index contributed by atoms with van der Waals surface area (Å²) in [6.45, 7) is 8.38. The van der Waals surface area contributed by atoms with Gasteiger partial charge in [0.05, 0.1) is 45.7 Å². The van der Waals surface area contributed by atoms with Gasteiger partial charge in [-0.15, -0.1) is 0 Å². The van der Waals surface area contributed by atoms with Crippen molar-refractivity contribution in [2.24, 2.45) is 5.92 Å². The molecule has 1 saturated heterocycles. The van der Waals surface area contributed by atoms with Crippen LogP contribution in [0.3, 0.4) is 0 Å². The molecule has 0 radical (unpaired) electrons. The Labute approximate surface area is 512 Å². The van der Waals surface area contributed by atoms with E-state index in [9.17, 15) is 53.1 Å². The van der Waals surface area contributed by atoms with Gasteiger partial charge in [-0.25, -0.2) is 4.79 Å². The van der Waals surface area contributed by atoms with Crippen LogP contribution in [0.1, 0.15) is 201 Å². The largest absolute Gasteiger partial charge is 0.481 e. The number of unbranched alkanes of at least 4 members (excludes halogenated alkanes) is 17. The van der Waals surface area contributed by atoms with Gasteiger partial charge in [0, 0.05) is 65.0 Å². The van der Waals surface area contributed by atoms with E-state index in [1.54, 1.807) is 4.90 Å². The van der Waals surface area contributed by atoms with Crippen LogP contribution in [0.25, 0.3) is 0 Å². The number of carbonyl (C=O) groups excluding carboxylic acids is 7. The van der Waals surface area contributed by atoms with Crippen LogP contribution in [0.2, 0.25) is 0 Å². The lowest BCUT2D eigenvalue weighted by Crippen LogP contribution is -2.46. The van der Waals surface area contributed by atoms with Gasteiger partial charge >= 0.3 is 17.9 Å². The number of carbonyl (C=O) groups is 10. The lowest BCUT2D eigenvalue weighted by Gasteiger charge is -2.29. The second-order valence-corrected chi connectivity index (χ2v) is 20.9. The highest BCUT2D eigenvalue weighted by Gasteiger charge is 2.28. The molecule has 0 aromatic carbocycles. The predicted molar refractivity (Wildman–Crippen MR) is 327 cm³/mol. The number of piperidine rings is 1. The fraction of sp³-hybridized carbons (Fsp3) is 0.831. The van der Waals surface area contributed by atoms with Gasteiger partial charge in [0.15, 0.2) is 0 Å². The molecule has 0 spiro atoms. The molecule has 0 aliphatic carbocycles. The summed E-state index contributed by atoms with van der Waals surface area (Å²) in [6.07, 6.45) is 27.9. The van der Waals surface area contributed by atoms with Gasteiger partial charge in [-0.2, -0.15) is 0 Å². The first kappa shape index (κ1) is 84.2. The van der Waals surface area contributed by atoms with E-state index in [2.05, 4.69) is 64.9 Å². The minimum Gasteiger partial charge on any atom is -0.481 e. The summed E-state index contributed by atoms with van der Waals surface area (Å²) in [7, 11) is 1.00. The number of aliphatic hydroxyl groups excluding tert-OH is 1. The SMILES string of the molecule is CCC.CCCCCCCCCCCCCCCCCCCC(=O)O.CO.O=CC(CCC(=O)NCCOCCOCC(=O)NCCCCC(NS)C(=O)O)NC(=O)COCCOCCNC(=O)CC[C@H](NC(=O)C1CCN(C=O)CC1)C(=O)O. The highest BCUT2D eigenvalue weighted by Crippen LogP contribution is 2.17. The summed E-state index contributed by atoms with van der Waals surface area (Å²) in [5.41, 5.74) is 0. The van der Waals surface area contributed by atoms with Gasteiger partial charge < -0.3 is 75.7 Å². The molecule has 0 bridgehead atoms. The predicted octanol–water partition coefficient (Wildman–Crippen LogP) is 5.28. The van der Waals surface area contributed by atoms with Crippen molar-refractivity contribution in [2.75, 3.05) is 92.7 Å². The number of ether oxygens (including phenoxy) is 4. The molecule has 1 fully saturated rings. The Hall–Kier alpha value is -4.99. The van der Waals surface area contributed by atoms with Crippen LogP contribution >= 0.6 is 12.8 Å². The molecule has 0 aromatic rings. The van der Waals surface area contributed by atoms with Crippen LogP contribution in [0.4, 0.5) is 0 Å². The van der Waals surface area contributed by atoms with Crippen LogP contribution in [-0.4, -0.2) is 196 Å². The third kappa shape index (κ3) is 57.8. The van der Waals surface area contributed by atoms with Crippen LogP contribution < -0.4 is 31.3 Å². The average Bonchev–Trinajstić information content (AvgIpc) is 3.56. The summed E-state index contributed by atoms with van der Waals surface area (Å²) in [5.74, 6) is -5.35. The number of likely N-dealkylation sites (tertiary alicyclic amines) is 1. The summed E-state index contributed by atoms with van der Waals surface area (Å²) < 4.78 is 23.6. The molecule has 0 aromatic heterocycles. The Kier molecular flexibility index (Phi) is 62.9. The monoisotopic (exact) mass is 1240 g/mol. The Morgan fingerprint density at radius 1 is 0.506 bits per heavy atom. The number of aliphatic carboxylic acids is 3. The number of rotatable bonds is 53. The number of thiol groups is 1. The number of hydrogen-bond acceptors (Lipinski definition) is 17. The molecule has 0 saturated carbocycles. The topological polar surface area (TPSA) is 364 Å². The lowest BCUT2D eigenvalue weighted by atomic mass is 9.95. The third-order valence-corrected chi connectivity index (χ3v) is 13.4. The first-order chi connectivity index (χ1) is 41.1. The van der Waals surface area contributed by atoms with E-state index in [1.807, 2.05) is 0 Å². The molecule has 2 unspecified atom stereocenters. The van der Waals surface area contributed by atoms with E-state index in [1.165, 1.54) is 103 Å². The molecule has 496 valence electrons. The molecule has 10 N–H and O–H groups in total. The van der Waals surface area contributed by atoms with E-state index in [4.69, 9.17) is 34.3 Å². The summed E-state index contributed by atoms with van der Waals surface area (Å²) in [6, 6.07) is -2.88. The fourth-order valence-corrected chi connectivity index (χ4v) is 8.51. The van der Waals surface area contributed by atoms with Crippen LogP contribution in [0.15, 0.2) is 0 Å². The highest BCUT2D eigenvalue weighted by atomic mass is 32.1. The van der Waals surface area contributed by atoms with Gasteiger partial charge in [0.1, 0.15) is 31.6 Å². The minimum atomic E-state index is -1.25. The van der Waals surface area contributed by atoms with E-state index < -0.39 is 59.7 Å². The molecule has 1 rings (SSSR count). The van der Waals surface area contributed by atoms with Crippen LogP contribution in [0.5, 0.6) is 0 Å². The number of nitrogens with zero attached hydrogens (tertiary/aromatic N) is 1. The first-order valence-electron chi connectivity index (χ1n) is 31.0. The maximum absolute atomic E-state index is 12.5. The summed E-state index contributed by atoms with van der Waals surface area (Å²) in [5, 5.41) is 46.8. The first-order valence-corrected chi connectivity index (χ1v) is 31.4. The zero-order valence-corrected chi connectivity index (χ0v) is 52.7. The Morgan fingerprint density at radius 2 is 0.941 bits per heavy atom. The standard InChI is InChI=1S/C35H59N7O15S.C20H40O2.C3H8.CH4O/c43-21-26(4-6-29(45)37-11-15-54-17-19-56-22-31(47)36-10-2-1-3-28(41-58)35(52)53)39-32(48)23-57-20-18-55-16-12-38-30(46)7-5-27(34(50)51)40-33(49)25-8-13-42(24-44)14-9-25;1-2-3-4-5-6-7-8-9-10-11-12-13-14-15-16-17-18-19-20(21)22;1-3-2;1-2/h21,24-28,41,58H,1-20,22-23H2,(H,36,47)(H,37,45)(H,38,46)(H,39,48)(H,40,49)(H,50,51)(H,52,53);2-19H2,1H3,(H,21,22);3H2,1-2H3;2H,1H3/t26?,27-,28?;;;/m0.../s1. The zero-order valence-electron chi connectivity index (χ0n) is 51.9. The molecule has 26 heteroatoms. The fourth-order valence-electron chi connectivity index (χ4n) is 8.27. The van der Waals surface area contributed by atoms with Crippen molar-refractivity contribution in [3.05, 3.63) is 0 Å². The van der Waals surface area contributed by atoms with E-state index in [-0.39, 0.29) is 103 Å². The number of amides is 6. The maximum atomic E-state index is 12.5. The average molecular weight is 1240 g/mol.